The van der Waals surface area contributed by atoms with Gasteiger partial charge >= 0.3 is 10.2 Å². The summed E-state index contributed by atoms with van der Waals surface area (Å²) in [5, 5.41) is 9.61. The van der Waals surface area contributed by atoms with Crippen LogP contribution in [0.1, 0.15) is 31.7 Å². The average Bonchev–Trinajstić information content (AvgIpc) is 2.34. The second-order valence-electron chi connectivity index (χ2n) is 5.06. The Kier molecular flexibility index (Phi) is 4.01. The Balaban J connectivity index is 2.18. The van der Waals surface area contributed by atoms with E-state index in [-0.39, 0.29) is 11.8 Å². The van der Waals surface area contributed by atoms with Gasteiger partial charge in [-0.3, -0.25) is 4.72 Å². The smallest absolute Gasteiger partial charge is 0.301 e. The third kappa shape index (κ3) is 3.19. The van der Waals surface area contributed by atoms with Gasteiger partial charge in [0.05, 0.1) is 5.69 Å². The predicted octanol–water partition coefficient (Wildman–Crippen LogP) is 2.23. The van der Waals surface area contributed by atoms with Crippen LogP contribution in [0.5, 0.6) is 5.75 Å². The minimum absolute atomic E-state index is 0.0188. The SMILES string of the molecule is Cc1ccc(NS(=O)(=O)N2CCCCC2C)cc1O. The summed E-state index contributed by atoms with van der Waals surface area (Å²) in [5.41, 5.74) is 1.11. The number of hydrogen-bond donors (Lipinski definition) is 2. The molecular formula is C13H20N2O3S. The van der Waals surface area contributed by atoms with Gasteiger partial charge in [0, 0.05) is 18.7 Å². The first-order chi connectivity index (χ1) is 8.90. The van der Waals surface area contributed by atoms with Crippen LogP contribution in [0.2, 0.25) is 0 Å². The summed E-state index contributed by atoms with van der Waals surface area (Å²) in [4.78, 5) is 0. The van der Waals surface area contributed by atoms with Gasteiger partial charge < -0.3 is 5.11 Å². The van der Waals surface area contributed by atoms with Crippen LogP contribution in [-0.2, 0) is 10.2 Å². The van der Waals surface area contributed by atoms with Gasteiger partial charge in [-0.15, -0.1) is 0 Å². The number of phenols is 1. The molecule has 0 amide bonds. The van der Waals surface area contributed by atoms with Gasteiger partial charge in [-0.05, 0) is 38.3 Å². The Hall–Kier alpha value is -1.27. The van der Waals surface area contributed by atoms with E-state index in [0.29, 0.717) is 17.8 Å². The summed E-state index contributed by atoms with van der Waals surface area (Å²) in [7, 11) is -3.54. The van der Waals surface area contributed by atoms with Crippen LogP contribution in [0.15, 0.2) is 18.2 Å². The lowest BCUT2D eigenvalue weighted by Crippen LogP contribution is -2.44. The fourth-order valence-electron chi connectivity index (χ4n) is 2.31. The van der Waals surface area contributed by atoms with Gasteiger partial charge in [0.2, 0.25) is 0 Å². The van der Waals surface area contributed by atoms with E-state index in [1.165, 1.54) is 10.4 Å². The van der Waals surface area contributed by atoms with Crippen molar-refractivity contribution in [3.63, 3.8) is 0 Å². The Bertz CT molecular complexity index is 557. The van der Waals surface area contributed by atoms with Crippen LogP contribution in [-0.4, -0.2) is 30.4 Å². The first kappa shape index (κ1) is 14.1. The molecule has 0 bridgehead atoms. The van der Waals surface area contributed by atoms with Crippen molar-refractivity contribution in [1.82, 2.24) is 4.31 Å². The maximum absolute atomic E-state index is 12.3. The number of piperidine rings is 1. The minimum Gasteiger partial charge on any atom is -0.508 e. The molecule has 1 unspecified atom stereocenters. The van der Waals surface area contributed by atoms with Crippen LogP contribution in [0.25, 0.3) is 0 Å². The molecule has 1 aliphatic rings. The van der Waals surface area contributed by atoms with Crippen molar-refractivity contribution >= 4 is 15.9 Å². The van der Waals surface area contributed by atoms with E-state index in [1.807, 2.05) is 6.92 Å². The summed E-state index contributed by atoms with van der Waals surface area (Å²) < 4.78 is 28.6. The van der Waals surface area contributed by atoms with Crippen LogP contribution in [0.4, 0.5) is 5.69 Å². The molecule has 6 heteroatoms. The zero-order valence-electron chi connectivity index (χ0n) is 11.3. The third-order valence-corrected chi connectivity index (χ3v) is 5.16. The number of benzene rings is 1. The van der Waals surface area contributed by atoms with Gasteiger partial charge in [-0.1, -0.05) is 12.5 Å². The molecule has 1 saturated heterocycles. The fraction of sp³-hybridized carbons (Fsp3) is 0.538. The van der Waals surface area contributed by atoms with E-state index >= 15 is 0 Å². The second-order valence-corrected chi connectivity index (χ2v) is 6.69. The number of rotatable bonds is 3. The molecule has 19 heavy (non-hydrogen) atoms. The summed E-state index contributed by atoms with van der Waals surface area (Å²) >= 11 is 0. The molecule has 1 aromatic rings. The third-order valence-electron chi connectivity index (χ3n) is 3.51. The zero-order valence-corrected chi connectivity index (χ0v) is 12.1. The summed E-state index contributed by atoms with van der Waals surface area (Å²) in [6.45, 7) is 4.24. The Morgan fingerprint density at radius 1 is 1.37 bits per heavy atom. The average molecular weight is 284 g/mol. The number of nitrogens with zero attached hydrogens (tertiary/aromatic N) is 1. The standard InChI is InChI=1S/C13H20N2O3S/c1-10-6-7-12(9-13(10)16)14-19(17,18)15-8-4-3-5-11(15)2/h6-7,9,11,14,16H,3-5,8H2,1-2H3. The Labute approximate surface area is 114 Å². The van der Waals surface area contributed by atoms with Gasteiger partial charge in [-0.2, -0.15) is 12.7 Å². The summed E-state index contributed by atoms with van der Waals surface area (Å²) in [6, 6.07) is 4.79. The number of hydrogen-bond acceptors (Lipinski definition) is 3. The van der Waals surface area contributed by atoms with Crippen LogP contribution >= 0.6 is 0 Å². The van der Waals surface area contributed by atoms with Crippen molar-refractivity contribution in [2.24, 2.45) is 0 Å². The molecule has 1 aliphatic heterocycles. The van der Waals surface area contributed by atoms with Crippen molar-refractivity contribution in [3.05, 3.63) is 23.8 Å². The first-order valence-electron chi connectivity index (χ1n) is 6.49. The Morgan fingerprint density at radius 3 is 2.74 bits per heavy atom. The highest BCUT2D eigenvalue weighted by molar-refractivity contribution is 7.90. The normalized spacial score (nSPS) is 21.3. The molecule has 1 atom stereocenters. The van der Waals surface area contributed by atoms with Crippen LogP contribution in [0.3, 0.4) is 0 Å². The molecule has 1 fully saturated rings. The fourth-order valence-corrected chi connectivity index (χ4v) is 3.80. The molecule has 0 saturated carbocycles. The summed E-state index contributed by atoms with van der Waals surface area (Å²) in [5.74, 6) is 0.0897. The van der Waals surface area contributed by atoms with Gasteiger partial charge in [0.15, 0.2) is 0 Å². The van der Waals surface area contributed by atoms with Crippen LogP contribution in [0, 0.1) is 6.92 Å². The lowest BCUT2D eigenvalue weighted by atomic mass is 10.1. The quantitative estimate of drug-likeness (QED) is 0.894. The molecule has 106 valence electrons. The molecule has 2 rings (SSSR count). The molecule has 0 spiro atoms. The van der Waals surface area contributed by atoms with E-state index in [4.69, 9.17) is 0 Å². The topological polar surface area (TPSA) is 69.6 Å². The number of nitrogens with one attached hydrogen (secondary N) is 1. The highest BCUT2D eigenvalue weighted by Gasteiger charge is 2.29. The van der Waals surface area contributed by atoms with Crippen molar-refractivity contribution < 1.29 is 13.5 Å². The largest absolute Gasteiger partial charge is 0.508 e. The van der Waals surface area contributed by atoms with Crippen molar-refractivity contribution in [1.29, 1.82) is 0 Å². The highest BCUT2D eigenvalue weighted by atomic mass is 32.2. The van der Waals surface area contributed by atoms with Crippen molar-refractivity contribution in [2.45, 2.75) is 39.2 Å². The summed E-state index contributed by atoms with van der Waals surface area (Å²) in [6.07, 6.45) is 2.85. The first-order valence-corrected chi connectivity index (χ1v) is 7.93. The van der Waals surface area contributed by atoms with E-state index in [2.05, 4.69) is 4.72 Å². The zero-order chi connectivity index (χ0) is 14.0. The highest BCUT2D eigenvalue weighted by Crippen LogP contribution is 2.25. The van der Waals surface area contributed by atoms with Gasteiger partial charge in [-0.25, -0.2) is 0 Å². The van der Waals surface area contributed by atoms with Crippen molar-refractivity contribution in [2.75, 3.05) is 11.3 Å². The molecule has 0 aliphatic carbocycles. The minimum atomic E-state index is -3.54. The van der Waals surface area contributed by atoms with E-state index < -0.39 is 10.2 Å². The number of anilines is 1. The van der Waals surface area contributed by atoms with Gasteiger partial charge in [0.1, 0.15) is 5.75 Å². The maximum Gasteiger partial charge on any atom is 0.301 e. The predicted molar refractivity (Wildman–Crippen MR) is 75.4 cm³/mol. The lowest BCUT2D eigenvalue weighted by Gasteiger charge is -2.32. The molecule has 0 radical (unpaired) electrons. The van der Waals surface area contributed by atoms with E-state index in [9.17, 15) is 13.5 Å². The van der Waals surface area contributed by atoms with E-state index in [0.717, 1.165) is 19.3 Å². The molecule has 0 aromatic heterocycles. The molecule has 5 nitrogen and oxygen atoms in total. The molecule has 2 N–H and O–H groups in total. The Morgan fingerprint density at radius 2 is 2.11 bits per heavy atom. The lowest BCUT2D eigenvalue weighted by molar-refractivity contribution is 0.270. The molecule has 1 aromatic carbocycles. The van der Waals surface area contributed by atoms with Crippen molar-refractivity contribution in [3.8, 4) is 5.75 Å². The monoisotopic (exact) mass is 284 g/mol. The van der Waals surface area contributed by atoms with Gasteiger partial charge in [0.25, 0.3) is 0 Å². The second kappa shape index (κ2) is 5.38. The van der Waals surface area contributed by atoms with Crippen LogP contribution < -0.4 is 4.72 Å². The number of aryl methyl sites for hydroxylation is 1. The molecular weight excluding hydrogens is 264 g/mol. The molecule has 1 heterocycles. The maximum atomic E-state index is 12.3. The number of aromatic hydroxyl groups is 1. The number of phenolic OH excluding ortho intramolecular Hbond substituents is 1. The van der Waals surface area contributed by atoms with E-state index in [1.54, 1.807) is 19.1 Å².